The number of rotatable bonds is 2. The Hall–Kier alpha value is -0.510. The quantitative estimate of drug-likeness (QED) is 0.678. The fourth-order valence-corrected chi connectivity index (χ4v) is 2.21. The standard InChI is InChI=1S/C12H7Br2ClN/c13-8-1-4-10(5-2-8)16-12-6-3-9(14)7-11(12)15/h1-7H. The van der Waals surface area contributed by atoms with Gasteiger partial charge in [-0.15, -0.1) is 0 Å². The van der Waals surface area contributed by atoms with Crippen molar-refractivity contribution in [2.24, 2.45) is 0 Å². The van der Waals surface area contributed by atoms with Crippen LogP contribution in [-0.4, -0.2) is 0 Å². The summed E-state index contributed by atoms with van der Waals surface area (Å²) in [6.07, 6.45) is 0. The highest BCUT2D eigenvalue weighted by Crippen LogP contribution is 2.29. The second-order valence-electron chi connectivity index (χ2n) is 3.18. The van der Waals surface area contributed by atoms with Crippen molar-refractivity contribution >= 4 is 54.8 Å². The highest BCUT2D eigenvalue weighted by atomic mass is 79.9. The van der Waals surface area contributed by atoms with Crippen molar-refractivity contribution < 1.29 is 0 Å². The third-order valence-corrected chi connectivity index (χ3v) is 3.31. The minimum atomic E-state index is 0.636. The summed E-state index contributed by atoms with van der Waals surface area (Å²) >= 11 is 12.8. The van der Waals surface area contributed by atoms with Crippen LogP contribution in [0.15, 0.2) is 51.4 Å². The van der Waals surface area contributed by atoms with Gasteiger partial charge in [-0.1, -0.05) is 43.5 Å². The molecule has 1 radical (unpaired) electrons. The lowest BCUT2D eigenvalue weighted by Gasteiger charge is -2.05. The van der Waals surface area contributed by atoms with Gasteiger partial charge in [0, 0.05) is 8.95 Å². The van der Waals surface area contributed by atoms with Crippen molar-refractivity contribution in [3.63, 3.8) is 0 Å². The van der Waals surface area contributed by atoms with E-state index in [1.807, 2.05) is 42.5 Å². The summed E-state index contributed by atoms with van der Waals surface area (Å²) in [6.45, 7) is 0. The third-order valence-electron chi connectivity index (χ3n) is 1.99. The molecule has 0 aliphatic carbocycles. The Kier molecular flexibility index (Phi) is 3.90. The van der Waals surface area contributed by atoms with Crippen molar-refractivity contribution in [2.75, 3.05) is 0 Å². The van der Waals surface area contributed by atoms with Crippen molar-refractivity contribution in [1.82, 2.24) is 5.32 Å². The predicted octanol–water partition coefficient (Wildman–Crippen LogP) is 5.43. The molecule has 0 fully saturated rings. The Morgan fingerprint density at radius 3 is 2.12 bits per heavy atom. The molecule has 0 aliphatic heterocycles. The molecule has 0 saturated heterocycles. The topological polar surface area (TPSA) is 14.1 Å². The Labute approximate surface area is 116 Å². The molecule has 4 heteroatoms. The first-order valence-electron chi connectivity index (χ1n) is 4.57. The highest BCUT2D eigenvalue weighted by molar-refractivity contribution is 9.10. The van der Waals surface area contributed by atoms with Gasteiger partial charge in [-0.05, 0) is 42.5 Å². The molecule has 2 aromatic carbocycles. The SMILES string of the molecule is Clc1cc(Br)ccc1[N]c1ccc(Br)cc1. The van der Waals surface area contributed by atoms with Crippen LogP contribution in [0.4, 0.5) is 11.4 Å². The van der Waals surface area contributed by atoms with Gasteiger partial charge in [0.2, 0.25) is 0 Å². The first-order valence-corrected chi connectivity index (χ1v) is 6.54. The monoisotopic (exact) mass is 358 g/mol. The van der Waals surface area contributed by atoms with E-state index in [1.54, 1.807) is 0 Å². The fourth-order valence-electron chi connectivity index (χ4n) is 1.23. The molecule has 0 bridgehead atoms. The summed E-state index contributed by atoms with van der Waals surface area (Å²) < 4.78 is 1.99. The molecule has 0 saturated carbocycles. The summed E-state index contributed by atoms with van der Waals surface area (Å²) in [5, 5.41) is 5.09. The zero-order valence-corrected chi connectivity index (χ0v) is 12.1. The van der Waals surface area contributed by atoms with E-state index >= 15 is 0 Å². The first kappa shape index (κ1) is 12.0. The average molecular weight is 360 g/mol. The maximum atomic E-state index is 6.08. The van der Waals surface area contributed by atoms with E-state index in [2.05, 4.69) is 37.2 Å². The maximum absolute atomic E-state index is 6.08. The molecule has 0 aliphatic rings. The molecular formula is C12H7Br2ClN. The van der Waals surface area contributed by atoms with E-state index in [-0.39, 0.29) is 0 Å². The molecule has 81 valence electrons. The normalized spacial score (nSPS) is 10.2. The summed E-state index contributed by atoms with van der Waals surface area (Å²) in [6, 6.07) is 13.4. The van der Waals surface area contributed by atoms with Crippen molar-refractivity contribution in [2.45, 2.75) is 0 Å². The Balaban J connectivity index is 2.23. The molecule has 1 nitrogen and oxygen atoms in total. The summed E-state index contributed by atoms with van der Waals surface area (Å²) in [5.74, 6) is 0. The predicted molar refractivity (Wildman–Crippen MR) is 74.7 cm³/mol. The molecule has 0 spiro atoms. The van der Waals surface area contributed by atoms with Crippen LogP contribution in [0, 0.1) is 0 Å². The lowest BCUT2D eigenvalue weighted by atomic mass is 10.3. The van der Waals surface area contributed by atoms with Crippen LogP contribution in [0.25, 0.3) is 0 Å². The van der Waals surface area contributed by atoms with Gasteiger partial charge in [-0.25, -0.2) is 5.32 Å². The number of halogens is 3. The van der Waals surface area contributed by atoms with E-state index in [4.69, 9.17) is 11.6 Å². The molecule has 2 rings (SSSR count). The molecule has 0 aromatic heterocycles. The lowest BCUT2D eigenvalue weighted by molar-refractivity contribution is 1.18. The number of nitrogens with zero attached hydrogens (tertiary/aromatic N) is 1. The lowest BCUT2D eigenvalue weighted by Crippen LogP contribution is -1.89. The van der Waals surface area contributed by atoms with E-state index in [1.165, 1.54) is 0 Å². The van der Waals surface area contributed by atoms with Gasteiger partial charge in [0.05, 0.1) is 16.4 Å². The number of hydrogen-bond acceptors (Lipinski definition) is 0. The summed E-state index contributed by atoms with van der Waals surface area (Å²) in [4.78, 5) is 0. The van der Waals surface area contributed by atoms with Crippen molar-refractivity contribution in [3.05, 3.63) is 56.4 Å². The molecule has 0 unspecified atom stereocenters. The zero-order valence-electron chi connectivity index (χ0n) is 8.12. The number of hydrogen-bond donors (Lipinski definition) is 0. The first-order chi connectivity index (χ1) is 7.65. The van der Waals surface area contributed by atoms with Gasteiger partial charge in [-0.3, -0.25) is 0 Å². The zero-order chi connectivity index (χ0) is 11.5. The van der Waals surface area contributed by atoms with Gasteiger partial charge in [0.25, 0.3) is 0 Å². The van der Waals surface area contributed by atoms with Gasteiger partial charge >= 0.3 is 0 Å². The van der Waals surface area contributed by atoms with E-state index in [0.29, 0.717) is 5.02 Å². The molecular weight excluding hydrogens is 353 g/mol. The molecule has 0 heterocycles. The molecule has 0 N–H and O–H groups in total. The molecule has 16 heavy (non-hydrogen) atoms. The highest BCUT2D eigenvalue weighted by Gasteiger charge is 2.03. The summed E-state index contributed by atoms with van der Waals surface area (Å²) in [7, 11) is 0. The third kappa shape index (κ3) is 3.00. The van der Waals surface area contributed by atoms with Crippen LogP contribution >= 0.6 is 43.5 Å². The van der Waals surface area contributed by atoms with Crippen molar-refractivity contribution in [1.29, 1.82) is 0 Å². The molecule has 2 aromatic rings. The van der Waals surface area contributed by atoms with Crippen LogP contribution < -0.4 is 5.32 Å². The molecule has 0 amide bonds. The van der Waals surface area contributed by atoms with Crippen molar-refractivity contribution in [3.8, 4) is 0 Å². The van der Waals surface area contributed by atoms with Crippen LogP contribution in [0.5, 0.6) is 0 Å². The van der Waals surface area contributed by atoms with Crippen LogP contribution in [0.2, 0.25) is 5.02 Å². The van der Waals surface area contributed by atoms with Gasteiger partial charge in [-0.2, -0.15) is 0 Å². The Morgan fingerprint density at radius 1 is 0.875 bits per heavy atom. The van der Waals surface area contributed by atoms with Crippen LogP contribution in [-0.2, 0) is 0 Å². The van der Waals surface area contributed by atoms with E-state index in [9.17, 15) is 0 Å². The van der Waals surface area contributed by atoms with Crippen LogP contribution in [0.1, 0.15) is 0 Å². The second-order valence-corrected chi connectivity index (χ2v) is 5.42. The fraction of sp³-hybridized carbons (Fsp3) is 0. The van der Waals surface area contributed by atoms with E-state index < -0.39 is 0 Å². The maximum Gasteiger partial charge on any atom is 0.0823 e. The van der Waals surface area contributed by atoms with Gasteiger partial charge in [0.15, 0.2) is 0 Å². The van der Waals surface area contributed by atoms with E-state index in [0.717, 1.165) is 20.3 Å². The van der Waals surface area contributed by atoms with Crippen LogP contribution in [0.3, 0.4) is 0 Å². The average Bonchev–Trinajstić information content (AvgIpc) is 2.25. The summed E-state index contributed by atoms with van der Waals surface area (Å²) in [5.41, 5.74) is 1.65. The largest absolute Gasteiger partial charge is 0.247 e. The smallest absolute Gasteiger partial charge is 0.0823 e. The minimum absolute atomic E-state index is 0.636. The van der Waals surface area contributed by atoms with Gasteiger partial charge in [0.1, 0.15) is 0 Å². The minimum Gasteiger partial charge on any atom is -0.247 e. The second kappa shape index (κ2) is 5.21. The van der Waals surface area contributed by atoms with Gasteiger partial charge < -0.3 is 0 Å². The Morgan fingerprint density at radius 2 is 1.50 bits per heavy atom. The number of benzene rings is 2. The Bertz CT molecular complexity index is 497. The molecule has 0 atom stereocenters.